The van der Waals surface area contributed by atoms with E-state index in [1.807, 2.05) is 0 Å². The van der Waals surface area contributed by atoms with Crippen LogP contribution in [0.1, 0.15) is 11.3 Å². The van der Waals surface area contributed by atoms with Crippen LogP contribution in [0.15, 0.2) is 17.5 Å². The van der Waals surface area contributed by atoms with Gasteiger partial charge >= 0.3 is 5.97 Å². The molecule has 1 aliphatic heterocycles. The van der Waals surface area contributed by atoms with Gasteiger partial charge in [-0.2, -0.15) is 0 Å². The molecule has 1 atom stereocenters. The summed E-state index contributed by atoms with van der Waals surface area (Å²) in [6.45, 7) is 2.65. The molecular weight excluding hydrogens is 210 g/mol. The first-order valence-corrected chi connectivity index (χ1v) is 6.11. The minimum absolute atomic E-state index is 0.145. The van der Waals surface area contributed by atoms with Crippen LogP contribution in [0.2, 0.25) is 0 Å². The number of carboxylic acids is 1. The molecule has 82 valence electrons. The van der Waals surface area contributed by atoms with Gasteiger partial charge in [-0.25, -0.2) is 0 Å². The van der Waals surface area contributed by atoms with Gasteiger partial charge in [-0.05, 0) is 30.8 Å². The second-order valence-electron chi connectivity index (χ2n) is 3.95. The van der Waals surface area contributed by atoms with E-state index in [2.05, 4.69) is 22.4 Å². The van der Waals surface area contributed by atoms with Gasteiger partial charge in [0.1, 0.15) is 0 Å². The lowest BCUT2D eigenvalue weighted by Gasteiger charge is -2.13. The molecule has 3 nitrogen and oxygen atoms in total. The maximum Gasteiger partial charge on any atom is 0.307 e. The third-order valence-electron chi connectivity index (χ3n) is 2.88. The average Bonchev–Trinajstić information content (AvgIpc) is 2.86. The van der Waals surface area contributed by atoms with E-state index < -0.39 is 5.97 Å². The molecule has 2 rings (SSSR count). The first-order chi connectivity index (χ1) is 7.25. The minimum atomic E-state index is -0.645. The van der Waals surface area contributed by atoms with Crippen molar-refractivity contribution < 1.29 is 9.90 Å². The molecule has 0 bridgehead atoms. The van der Waals surface area contributed by atoms with Crippen LogP contribution in [0, 0.1) is 5.92 Å². The van der Waals surface area contributed by atoms with Gasteiger partial charge in [0.25, 0.3) is 0 Å². The Hall–Kier alpha value is -0.870. The van der Waals surface area contributed by atoms with Crippen LogP contribution in [0.4, 0.5) is 0 Å². The SMILES string of the molecule is O=C(O)C1CCN(CCc2cccs2)C1. The maximum atomic E-state index is 10.8. The van der Waals surface area contributed by atoms with Crippen LogP contribution in [0.25, 0.3) is 0 Å². The van der Waals surface area contributed by atoms with Gasteiger partial charge in [-0.1, -0.05) is 6.07 Å². The van der Waals surface area contributed by atoms with E-state index in [-0.39, 0.29) is 5.92 Å². The van der Waals surface area contributed by atoms with Gasteiger partial charge in [0.05, 0.1) is 5.92 Å². The molecule has 1 aliphatic rings. The lowest BCUT2D eigenvalue weighted by atomic mass is 10.1. The Morgan fingerprint density at radius 2 is 2.53 bits per heavy atom. The molecule has 1 aromatic rings. The highest BCUT2D eigenvalue weighted by atomic mass is 32.1. The molecule has 0 amide bonds. The minimum Gasteiger partial charge on any atom is -0.481 e. The van der Waals surface area contributed by atoms with Gasteiger partial charge in [-0.3, -0.25) is 4.79 Å². The Morgan fingerprint density at radius 3 is 3.13 bits per heavy atom. The van der Waals surface area contributed by atoms with Gasteiger partial charge in [-0.15, -0.1) is 11.3 Å². The molecule has 1 fully saturated rings. The number of likely N-dealkylation sites (tertiary alicyclic amines) is 1. The fraction of sp³-hybridized carbons (Fsp3) is 0.545. The largest absolute Gasteiger partial charge is 0.481 e. The molecule has 0 aromatic carbocycles. The number of hydrogen-bond acceptors (Lipinski definition) is 3. The van der Waals surface area contributed by atoms with Crippen molar-refractivity contribution in [3.8, 4) is 0 Å². The van der Waals surface area contributed by atoms with Crippen LogP contribution in [0.3, 0.4) is 0 Å². The Kier molecular flexibility index (Phi) is 3.38. The highest BCUT2D eigenvalue weighted by molar-refractivity contribution is 7.09. The topological polar surface area (TPSA) is 40.5 Å². The van der Waals surface area contributed by atoms with Gasteiger partial charge < -0.3 is 10.0 Å². The highest BCUT2D eigenvalue weighted by Crippen LogP contribution is 2.17. The second kappa shape index (κ2) is 4.77. The van der Waals surface area contributed by atoms with Crippen LogP contribution >= 0.6 is 11.3 Å². The van der Waals surface area contributed by atoms with Crippen LogP contribution in [0.5, 0.6) is 0 Å². The van der Waals surface area contributed by atoms with E-state index in [0.717, 1.165) is 32.5 Å². The van der Waals surface area contributed by atoms with E-state index in [9.17, 15) is 4.79 Å². The Morgan fingerprint density at radius 1 is 1.67 bits per heavy atom. The zero-order chi connectivity index (χ0) is 10.7. The molecule has 0 spiro atoms. The first-order valence-electron chi connectivity index (χ1n) is 5.23. The molecule has 1 aromatic heterocycles. The van der Waals surface area contributed by atoms with Crippen molar-refractivity contribution >= 4 is 17.3 Å². The van der Waals surface area contributed by atoms with Crippen molar-refractivity contribution in [1.82, 2.24) is 4.90 Å². The summed E-state index contributed by atoms with van der Waals surface area (Å²) >= 11 is 1.77. The smallest absolute Gasteiger partial charge is 0.307 e. The average molecular weight is 225 g/mol. The molecule has 0 radical (unpaired) electrons. The molecular formula is C11H15NO2S. The second-order valence-corrected chi connectivity index (χ2v) is 4.99. The lowest BCUT2D eigenvalue weighted by Crippen LogP contribution is -2.25. The maximum absolute atomic E-state index is 10.8. The molecule has 0 aliphatic carbocycles. The summed E-state index contributed by atoms with van der Waals surface area (Å²) in [5.41, 5.74) is 0. The number of aliphatic carboxylic acids is 1. The van der Waals surface area contributed by atoms with E-state index in [1.165, 1.54) is 4.88 Å². The quantitative estimate of drug-likeness (QED) is 0.848. The summed E-state index contributed by atoms with van der Waals surface area (Å²) in [5, 5.41) is 10.9. The standard InChI is InChI=1S/C11H15NO2S/c13-11(14)9-3-5-12(8-9)6-4-10-2-1-7-15-10/h1-2,7,9H,3-6,8H2,(H,13,14). The molecule has 4 heteroatoms. The van der Waals surface area contributed by atoms with Crippen molar-refractivity contribution in [2.75, 3.05) is 19.6 Å². The monoisotopic (exact) mass is 225 g/mol. The molecule has 1 N–H and O–H groups in total. The highest BCUT2D eigenvalue weighted by Gasteiger charge is 2.27. The summed E-state index contributed by atoms with van der Waals surface area (Å²) in [4.78, 5) is 14.4. The Bertz CT molecular complexity index is 323. The van der Waals surface area contributed by atoms with Crippen LogP contribution < -0.4 is 0 Å². The lowest BCUT2D eigenvalue weighted by molar-refractivity contribution is -0.141. The van der Waals surface area contributed by atoms with E-state index in [4.69, 9.17) is 5.11 Å². The summed E-state index contributed by atoms with van der Waals surface area (Å²) in [6, 6.07) is 4.19. The Balaban J connectivity index is 1.75. The summed E-state index contributed by atoms with van der Waals surface area (Å²) in [7, 11) is 0. The number of rotatable bonds is 4. The zero-order valence-corrected chi connectivity index (χ0v) is 9.37. The third-order valence-corrected chi connectivity index (χ3v) is 3.81. The predicted octanol–water partition coefficient (Wildman–Crippen LogP) is 1.70. The van der Waals surface area contributed by atoms with Gasteiger partial charge in [0.2, 0.25) is 0 Å². The van der Waals surface area contributed by atoms with Crippen molar-refractivity contribution in [2.45, 2.75) is 12.8 Å². The molecule has 2 heterocycles. The van der Waals surface area contributed by atoms with Crippen molar-refractivity contribution in [1.29, 1.82) is 0 Å². The number of thiophene rings is 1. The van der Waals surface area contributed by atoms with Crippen LogP contribution in [-0.2, 0) is 11.2 Å². The number of carbonyl (C=O) groups is 1. The van der Waals surface area contributed by atoms with Gasteiger partial charge in [0, 0.05) is 18.0 Å². The van der Waals surface area contributed by atoms with Crippen molar-refractivity contribution in [3.63, 3.8) is 0 Å². The third kappa shape index (κ3) is 2.79. The van der Waals surface area contributed by atoms with Crippen LogP contribution in [-0.4, -0.2) is 35.6 Å². The normalized spacial score (nSPS) is 22.0. The fourth-order valence-electron chi connectivity index (χ4n) is 1.96. The molecule has 1 unspecified atom stereocenters. The van der Waals surface area contributed by atoms with Crippen molar-refractivity contribution in [3.05, 3.63) is 22.4 Å². The van der Waals surface area contributed by atoms with E-state index in [0.29, 0.717) is 0 Å². The number of hydrogen-bond donors (Lipinski definition) is 1. The molecule has 1 saturated heterocycles. The van der Waals surface area contributed by atoms with E-state index >= 15 is 0 Å². The molecule has 15 heavy (non-hydrogen) atoms. The fourth-order valence-corrected chi connectivity index (χ4v) is 2.66. The Labute approximate surface area is 93.3 Å². The zero-order valence-electron chi connectivity index (χ0n) is 8.56. The summed E-state index contributed by atoms with van der Waals surface area (Å²) < 4.78 is 0. The summed E-state index contributed by atoms with van der Waals surface area (Å²) in [5.74, 6) is -0.790. The predicted molar refractivity (Wildman–Crippen MR) is 60.2 cm³/mol. The number of nitrogens with zero attached hydrogens (tertiary/aromatic N) is 1. The number of carboxylic acid groups (broad SMARTS) is 1. The van der Waals surface area contributed by atoms with E-state index in [1.54, 1.807) is 11.3 Å². The molecule has 0 saturated carbocycles. The first kappa shape index (κ1) is 10.6. The van der Waals surface area contributed by atoms with Crippen molar-refractivity contribution in [2.24, 2.45) is 5.92 Å². The van der Waals surface area contributed by atoms with Gasteiger partial charge in [0.15, 0.2) is 0 Å². The summed E-state index contributed by atoms with van der Waals surface area (Å²) in [6.07, 6.45) is 1.85.